The summed E-state index contributed by atoms with van der Waals surface area (Å²) in [4.78, 5) is 36.8. The summed E-state index contributed by atoms with van der Waals surface area (Å²) in [5, 5.41) is 10.4. The molecule has 0 aromatic carbocycles. The maximum Gasteiger partial charge on any atom is 0.497 e. The summed E-state index contributed by atoms with van der Waals surface area (Å²) >= 11 is 0. The lowest BCUT2D eigenvalue weighted by Crippen LogP contribution is -2.42. The van der Waals surface area contributed by atoms with Gasteiger partial charge in [0.25, 0.3) is 0 Å². The molecular weight excluding hydrogens is 453 g/mol. The predicted molar refractivity (Wildman–Crippen MR) is 131 cm³/mol. The Morgan fingerprint density at radius 2 is 1.83 bits per heavy atom. The molecule has 11 nitrogen and oxygen atoms in total. The van der Waals surface area contributed by atoms with Gasteiger partial charge in [-0.05, 0) is 68.5 Å². The normalized spacial score (nSPS) is 22.1. The van der Waals surface area contributed by atoms with E-state index in [-0.39, 0.29) is 11.9 Å². The lowest BCUT2D eigenvalue weighted by molar-refractivity contribution is 0.00578. The van der Waals surface area contributed by atoms with Crippen LogP contribution in [0.5, 0.6) is 0 Å². The van der Waals surface area contributed by atoms with Crippen LogP contribution in [0.2, 0.25) is 0 Å². The van der Waals surface area contributed by atoms with Crippen LogP contribution in [0.1, 0.15) is 60.9 Å². The number of likely N-dealkylation sites (N-methyl/N-ethyl adjacent to an activating group) is 1. The zero-order valence-electron chi connectivity index (χ0n) is 21.7. The summed E-state index contributed by atoms with van der Waals surface area (Å²) in [5.41, 5.74) is -1.06. The monoisotopic (exact) mass is 487 g/mol. The number of hydrogen-bond donors (Lipinski definition) is 1. The Morgan fingerprint density at radius 1 is 1.20 bits per heavy atom. The number of hydrogen-bond acceptors (Lipinski definition) is 8. The van der Waals surface area contributed by atoms with Gasteiger partial charge in [0.05, 0.1) is 16.6 Å². The van der Waals surface area contributed by atoms with Gasteiger partial charge in [0.1, 0.15) is 17.6 Å². The largest absolute Gasteiger partial charge is 0.497 e. The van der Waals surface area contributed by atoms with E-state index in [1.54, 1.807) is 20.8 Å². The maximum absolute atomic E-state index is 13.0. The molecule has 2 saturated heterocycles. The molecule has 2 amide bonds. The average Bonchev–Trinajstić information content (AvgIpc) is 3.34. The summed E-state index contributed by atoms with van der Waals surface area (Å²) in [6, 6.07) is 0.112. The summed E-state index contributed by atoms with van der Waals surface area (Å²) in [6.07, 6.45) is 1.51. The maximum atomic E-state index is 13.0. The first kappa shape index (κ1) is 25.4. The fourth-order valence-corrected chi connectivity index (χ4v) is 4.39. The summed E-state index contributed by atoms with van der Waals surface area (Å²) in [7, 11) is 1.25. The van der Waals surface area contributed by atoms with Gasteiger partial charge < -0.3 is 28.6 Å². The molecule has 2 aromatic heterocycles. The van der Waals surface area contributed by atoms with Crippen molar-refractivity contribution in [2.45, 2.75) is 77.7 Å². The van der Waals surface area contributed by atoms with Crippen LogP contribution < -0.4 is 10.4 Å². The van der Waals surface area contributed by atoms with Crippen molar-refractivity contribution in [1.29, 1.82) is 0 Å². The molecular formula is C23H34BN5O6. The minimum absolute atomic E-state index is 0.0911. The van der Waals surface area contributed by atoms with Gasteiger partial charge in [0, 0.05) is 24.2 Å². The third-order valence-corrected chi connectivity index (χ3v) is 6.86. The zero-order valence-corrected chi connectivity index (χ0v) is 21.7. The first-order valence-corrected chi connectivity index (χ1v) is 11.8. The minimum Gasteiger partial charge on any atom is -0.464 e. The van der Waals surface area contributed by atoms with E-state index in [4.69, 9.17) is 14.0 Å². The van der Waals surface area contributed by atoms with E-state index < -0.39 is 36.1 Å². The molecule has 12 heteroatoms. The minimum atomic E-state index is -1.51. The van der Waals surface area contributed by atoms with Crippen molar-refractivity contribution in [3.63, 3.8) is 0 Å². The standard InChI is InChI=1S/C23H34BN5O6/c1-21(2,3)33-20(32)29(19(30)31)18-16-15(24-34-22(4,5)23(6,7)35-24)12-28(17(16)25-13-26-18)14-9-10-27(8)11-14/h12-14H,9-11H2,1-8H3,(H,30,31). The van der Waals surface area contributed by atoms with Crippen LogP contribution in [0, 0.1) is 0 Å². The van der Waals surface area contributed by atoms with Crippen molar-refractivity contribution >= 4 is 41.6 Å². The molecule has 0 saturated carbocycles. The molecule has 35 heavy (non-hydrogen) atoms. The second kappa shape index (κ2) is 8.46. The van der Waals surface area contributed by atoms with Crippen molar-refractivity contribution in [1.82, 2.24) is 19.4 Å². The van der Waals surface area contributed by atoms with E-state index in [0.717, 1.165) is 19.5 Å². The van der Waals surface area contributed by atoms with Gasteiger partial charge in [-0.3, -0.25) is 0 Å². The molecule has 0 radical (unpaired) electrons. The number of likely N-dealkylation sites (tertiary alicyclic amines) is 1. The average molecular weight is 487 g/mol. The van der Waals surface area contributed by atoms with Crippen molar-refractivity contribution in [2.24, 2.45) is 0 Å². The highest BCUT2D eigenvalue weighted by Gasteiger charge is 2.53. The molecule has 2 aliphatic rings. The van der Waals surface area contributed by atoms with Gasteiger partial charge in [0.15, 0.2) is 5.82 Å². The number of aromatic nitrogens is 3. The van der Waals surface area contributed by atoms with Crippen LogP contribution in [0.4, 0.5) is 15.4 Å². The third kappa shape index (κ3) is 4.62. The Morgan fingerprint density at radius 3 is 2.34 bits per heavy atom. The number of amides is 2. The number of nitrogens with zero attached hydrogens (tertiary/aromatic N) is 5. The molecule has 2 aromatic rings. The topological polar surface area (TPSA) is 119 Å². The second-order valence-corrected chi connectivity index (χ2v) is 11.3. The molecule has 0 spiro atoms. The third-order valence-electron chi connectivity index (χ3n) is 6.86. The number of carbonyl (C=O) groups is 2. The first-order valence-electron chi connectivity index (χ1n) is 11.8. The van der Waals surface area contributed by atoms with Crippen molar-refractivity contribution < 1.29 is 28.7 Å². The Hall–Kier alpha value is -2.70. The number of fused-ring (bicyclic) bond motifs is 1. The molecule has 4 heterocycles. The highest BCUT2D eigenvalue weighted by Crippen LogP contribution is 2.38. The number of imide groups is 1. The van der Waals surface area contributed by atoms with Crippen molar-refractivity contribution in [3.8, 4) is 0 Å². The molecule has 2 aliphatic heterocycles. The fraction of sp³-hybridized carbons (Fsp3) is 0.652. The van der Waals surface area contributed by atoms with Crippen LogP contribution in [-0.2, 0) is 14.0 Å². The number of carboxylic acid groups (broad SMARTS) is 1. The Bertz CT molecular complexity index is 1140. The highest BCUT2D eigenvalue weighted by molar-refractivity contribution is 6.65. The number of carbonyl (C=O) groups excluding carboxylic acids is 1. The van der Waals surface area contributed by atoms with Gasteiger partial charge in [-0.15, -0.1) is 0 Å². The fourth-order valence-electron chi connectivity index (χ4n) is 4.39. The summed E-state index contributed by atoms with van der Waals surface area (Å²) < 4.78 is 20.0. The lowest BCUT2D eigenvalue weighted by atomic mass is 9.79. The lowest BCUT2D eigenvalue weighted by Gasteiger charge is -2.32. The zero-order chi connectivity index (χ0) is 25.9. The summed E-state index contributed by atoms with van der Waals surface area (Å²) in [6.45, 7) is 14.5. The van der Waals surface area contributed by atoms with E-state index in [2.05, 4.69) is 21.9 Å². The quantitative estimate of drug-likeness (QED) is 0.652. The number of ether oxygens (including phenoxy) is 1. The van der Waals surface area contributed by atoms with Gasteiger partial charge in [-0.1, -0.05) is 0 Å². The van der Waals surface area contributed by atoms with Gasteiger partial charge in [-0.2, -0.15) is 4.90 Å². The van der Waals surface area contributed by atoms with Crippen LogP contribution in [0.15, 0.2) is 12.5 Å². The summed E-state index contributed by atoms with van der Waals surface area (Å²) in [5.74, 6) is -0.0911. The van der Waals surface area contributed by atoms with Gasteiger partial charge >= 0.3 is 19.3 Å². The molecule has 1 N–H and O–H groups in total. The first-order chi connectivity index (χ1) is 16.1. The molecule has 4 rings (SSSR count). The smallest absolute Gasteiger partial charge is 0.464 e. The Labute approximate surface area is 205 Å². The number of anilines is 1. The van der Waals surface area contributed by atoms with E-state index in [0.29, 0.717) is 21.4 Å². The molecule has 0 aliphatic carbocycles. The second-order valence-electron chi connectivity index (χ2n) is 11.3. The van der Waals surface area contributed by atoms with Gasteiger partial charge in [-0.25, -0.2) is 19.6 Å². The Kier molecular flexibility index (Phi) is 6.14. The van der Waals surface area contributed by atoms with Gasteiger partial charge in [0.2, 0.25) is 0 Å². The van der Waals surface area contributed by atoms with E-state index in [9.17, 15) is 14.7 Å². The van der Waals surface area contributed by atoms with Crippen LogP contribution >= 0.6 is 0 Å². The van der Waals surface area contributed by atoms with Crippen LogP contribution in [-0.4, -0.2) is 80.8 Å². The van der Waals surface area contributed by atoms with Crippen molar-refractivity contribution in [3.05, 3.63) is 12.5 Å². The van der Waals surface area contributed by atoms with E-state index in [1.165, 1.54) is 6.33 Å². The van der Waals surface area contributed by atoms with Crippen molar-refractivity contribution in [2.75, 3.05) is 25.0 Å². The van der Waals surface area contributed by atoms with E-state index >= 15 is 0 Å². The molecule has 1 atom stereocenters. The van der Waals surface area contributed by atoms with E-state index in [1.807, 2.05) is 38.5 Å². The molecule has 190 valence electrons. The highest BCUT2D eigenvalue weighted by atomic mass is 16.7. The SMILES string of the molecule is CN1CCC(n2cc(B3OC(C)(C)C(C)(C)O3)c3c(N(C(=O)O)C(=O)OC(C)(C)C)ncnc32)C1. The van der Waals surface area contributed by atoms with Crippen LogP contribution in [0.25, 0.3) is 11.0 Å². The van der Waals surface area contributed by atoms with Crippen LogP contribution in [0.3, 0.4) is 0 Å². The molecule has 1 unspecified atom stereocenters. The molecule has 0 bridgehead atoms. The predicted octanol–water partition coefficient (Wildman–Crippen LogP) is 3.03. The Balaban J connectivity index is 1.91. The number of rotatable bonds is 3. The molecule has 2 fully saturated rings.